The Labute approximate surface area is 92.9 Å². The number of ether oxygens (including phenoxy) is 2. The summed E-state index contributed by atoms with van der Waals surface area (Å²) in [5.74, 6) is 0.138. The molecule has 1 aromatic carbocycles. The fourth-order valence-corrected chi connectivity index (χ4v) is 1.22. The summed E-state index contributed by atoms with van der Waals surface area (Å²) >= 11 is 5.78. The highest BCUT2D eigenvalue weighted by atomic mass is 35.5. The second-order valence-corrected chi connectivity index (χ2v) is 3.26. The molecule has 0 aliphatic carbocycles. The van der Waals surface area contributed by atoms with Crippen LogP contribution in [0.15, 0.2) is 18.2 Å². The van der Waals surface area contributed by atoms with Crippen LogP contribution in [0.2, 0.25) is 5.02 Å². The van der Waals surface area contributed by atoms with E-state index in [4.69, 9.17) is 26.8 Å². The van der Waals surface area contributed by atoms with Crippen molar-refractivity contribution in [3.05, 3.63) is 28.8 Å². The number of carbonyl (C=O) groups is 1. The van der Waals surface area contributed by atoms with E-state index >= 15 is 0 Å². The molecular weight excluding hydrogens is 218 g/mol. The molecule has 0 amide bonds. The van der Waals surface area contributed by atoms with Gasteiger partial charge in [-0.25, -0.2) is 0 Å². The number of hydrogen-bond acceptors (Lipinski definition) is 4. The molecular formula is C10H12ClNO3. The number of rotatable bonds is 4. The molecule has 1 rings (SSSR count). The molecule has 0 bridgehead atoms. The summed E-state index contributed by atoms with van der Waals surface area (Å²) in [5.41, 5.74) is 5.86. The second kappa shape index (κ2) is 5.58. The zero-order valence-electron chi connectivity index (χ0n) is 8.33. The predicted molar refractivity (Wildman–Crippen MR) is 56.9 cm³/mol. The fourth-order valence-electron chi connectivity index (χ4n) is 1.05. The van der Waals surface area contributed by atoms with Gasteiger partial charge in [-0.3, -0.25) is 4.79 Å². The van der Waals surface area contributed by atoms with Gasteiger partial charge in [0.25, 0.3) is 0 Å². The minimum absolute atomic E-state index is 0.129. The van der Waals surface area contributed by atoms with Crippen molar-refractivity contribution in [3.8, 4) is 5.75 Å². The Kier molecular flexibility index (Phi) is 4.39. The number of halogens is 1. The highest BCUT2D eigenvalue weighted by Crippen LogP contribution is 2.23. The second-order valence-electron chi connectivity index (χ2n) is 2.82. The van der Waals surface area contributed by atoms with Crippen LogP contribution < -0.4 is 10.5 Å². The third kappa shape index (κ3) is 3.42. The van der Waals surface area contributed by atoms with E-state index in [0.717, 1.165) is 5.56 Å². The van der Waals surface area contributed by atoms with Crippen LogP contribution in [0.5, 0.6) is 5.75 Å². The lowest BCUT2D eigenvalue weighted by atomic mass is 10.2. The van der Waals surface area contributed by atoms with Crippen molar-refractivity contribution in [1.29, 1.82) is 0 Å². The fraction of sp³-hybridized carbons (Fsp3) is 0.300. The average molecular weight is 230 g/mol. The maximum absolute atomic E-state index is 10.8. The van der Waals surface area contributed by atoms with Crippen LogP contribution in [0.25, 0.3) is 0 Å². The third-order valence-corrected chi connectivity index (χ3v) is 2.04. The van der Waals surface area contributed by atoms with Crippen LogP contribution in [-0.2, 0) is 16.1 Å². The average Bonchev–Trinajstić information content (AvgIpc) is 2.26. The molecule has 1 aromatic rings. The number of nitrogens with two attached hydrogens (primary N) is 1. The summed E-state index contributed by atoms with van der Waals surface area (Å²) in [5, 5.41) is 0.570. The van der Waals surface area contributed by atoms with Gasteiger partial charge < -0.3 is 15.2 Å². The van der Waals surface area contributed by atoms with Crippen LogP contribution in [0.1, 0.15) is 5.56 Å². The quantitative estimate of drug-likeness (QED) is 0.792. The molecule has 0 aromatic heterocycles. The monoisotopic (exact) mass is 229 g/mol. The van der Waals surface area contributed by atoms with Crippen molar-refractivity contribution in [2.75, 3.05) is 13.7 Å². The van der Waals surface area contributed by atoms with Gasteiger partial charge in [-0.1, -0.05) is 17.7 Å². The van der Waals surface area contributed by atoms with Gasteiger partial charge in [0, 0.05) is 10.6 Å². The normalized spacial score (nSPS) is 9.80. The molecule has 4 nitrogen and oxygen atoms in total. The Hall–Kier alpha value is -1.26. The zero-order chi connectivity index (χ0) is 11.3. The first kappa shape index (κ1) is 11.8. The topological polar surface area (TPSA) is 61.5 Å². The first-order valence-electron chi connectivity index (χ1n) is 4.35. The molecule has 82 valence electrons. The zero-order valence-corrected chi connectivity index (χ0v) is 9.08. The lowest BCUT2D eigenvalue weighted by molar-refractivity contribution is -0.143. The van der Waals surface area contributed by atoms with E-state index < -0.39 is 5.97 Å². The summed E-state index contributed by atoms with van der Waals surface area (Å²) < 4.78 is 9.96. The first-order valence-corrected chi connectivity index (χ1v) is 4.73. The molecule has 0 spiro atoms. The molecule has 0 saturated carbocycles. The van der Waals surface area contributed by atoms with Gasteiger partial charge in [-0.15, -0.1) is 0 Å². The molecule has 0 atom stereocenters. The summed E-state index contributed by atoms with van der Waals surface area (Å²) in [4.78, 5) is 10.8. The Bertz CT molecular complexity index is 355. The number of esters is 1. The van der Waals surface area contributed by atoms with E-state index in [1.807, 2.05) is 0 Å². The van der Waals surface area contributed by atoms with E-state index in [1.165, 1.54) is 7.11 Å². The summed E-state index contributed by atoms with van der Waals surface area (Å²) in [6, 6.07) is 5.10. The van der Waals surface area contributed by atoms with E-state index in [-0.39, 0.29) is 13.2 Å². The number of benzene rings is 1. The Morgan fingerprint density at radius 3 is 2.87 bits per heavy atom. The molecule has 0 fully saturated rings. The molecule has 0 saturated heterocycles. The van der Waals surface area contributed by atoms with Gasteiger partial charge in [-0.2, -0.15) is 0 Å². The lowest BCUT2D eigenvalue weighted by Gasteiger charge is -2.08. The van der Waals surface area contributed by atoms with Crippen molar-refractivity contribution in [2.24, 2.45) is 5.73 Å². The smallest absolute Gasteiger partial charge is 0.320 e. The van der Waals surface area contributed by atoms with E-state index in [1.54, 1.807) is 18.2 Å². The minimum Gasteiger partial charge on any atom is -0.496 e. The van der Waals surface area contributed by atoms with Crippen LogP contribution in [-0.4, -0.2) is 19.6 Å². The first-order chi connectivity index (χ1) is 7.17. The van der Waals surface area contributed by atoms with Gasteiger partial charge in [0.1, 0.15) is 12.4 Å². The van der Waals surface area contributed by atoms with Gasteiger partial charge in [0.2, 0.25) is 0 Å². The highest BCUT2D eigenvalue weighted by Gasteiger charge is 2.06. The highest BCUT2D eigenvalue weighted by molar-refractivity contribution is 6.30. The molecule has 2 N–H and O–H groups in total. The van der Waals surface area contributed by atoms with Gasteiger partial charge in [0.05, 0.1) is 13.7 Å². The molecule has 5 heteroatoms. The molecule has 0 unspecified atom stereocenters. The minimum atomic E-state index is -0.452. The molecule has 0 radical (unpaired) electrons. The van der Waals surface area contributed by atoms with Gasteiger partial charge >= 0.3 is 5.97 Å². The third-order valence-electron chi connectivity index (χ3n) is 1.80. The van der Waals surface area contributed by atoms with Crippen molar-refractivity contribution >= 4 is 17.6 Å². The molecule has 0 aliphatic rings. The summed E-state index contributed by atoms with van der Waals surface area (Å²) in [7, 11) is 1.53. The maximum Gasteiger partial charge on any atom is 0.320 e. The van der Waals surface area contributed by atoms with Crippen molar-refractivity contribution in [1.82, 2.24) is 0 Å². The van der Waals surface area contributed by atoms with Crippen LogP contribution in [0, 0.1) is 0 Å². The number of hydrogen-bond donors (Lipinski definition) is 1. The maximum atomic E-state index is 10.8. The Morgan fingerprint density at radius 2 is 2.27 bits per heavy atom. The summed E-state index contributed by atoms with van der Waals surface area (Å²) in [6.45, 7) is 0.00623. The van der Waals surface area contributed by atoms with Crippen molar-refractivity contribution < 1.29 is 14.3 Å². The molecule has 0 heterocycles. The van der Waals surface area contributed by atoms with Crippen LogP contribution >= 0.6 is 11.6 Å². The van der Waals surface area contributed by atoms with E-state index in [2.05, 4.69) is 0 Å². The van der Waals surface area contributed by atoms with Gasteiger partial charge in [-0.05, 0) is 12.1 Å². The molecule has 15 heavy (non-hydrogen) atoms. The molecule has 0 aliphatic heterocycles. The van der Waals surface area contributed by atoms with Crippen LogP contribution in [0.4, 0.5) is 0 Å². The Morgan fingerprint density at radius 1 is 1.53 bits per heavy atom. The van der Waals surface area contributed by atoms with Gasteiger partial charge in [0.15, 0.2) is 0 Å². The van der Waals surface area contributed by atoms with Crippen LogP contribution in [0.3, 0.4) is 0 Å². The summed E-state index contributed by atoms with van der Waals surface area (Å²) in [6.07, 6.45) is 0. The van der Waals surface area contributed by atoms with E-state index in [9.17, 15) is 4.79 Å². The standard InChI is InChI=1S/C10H12ClNO3/c1-14-9-4-8(11)3-2-7(9)6-15-10(13)5-12/h2-4H,5-6,12H2,1H3. The van der Waals surface area contributed by atoms with Crippen molar-refractivity contribution in [2.45, 2.75) is 6.61 Å². The van der Waals surface area contributed by atoms with Crippen molar-refractivity contribution in [3.63, 3.8) is 0 Å². The number of carbonyl (C=O) groups excluding carboxylic acids is 1. The SMILES string of the molecule is COc1cc(Cl)ccc1COC(=O)CN. The van der Waals surface area contributed by atoms with E-state index in [0.29, 0.717) is 10.8 Å². The predicted octanol–water partition coefficient (Wildman–Crippen LogP) is 1.35. The lowest BCUT2D eigenvalue weighted by Crippen LogP contribution is -2.16. The largest absolute Gasteiger partial charge is 0.496 e. The number of methoxy groups -OCH3 is 1. The Balaban J connectivity index is 2.72.